The van der Waals surface area contributed by atoms with Crippen molar-refractivity contribution in [3.05, 3.63) is 65.2 Å². The van der Waals surface area contributed by atoms with E-state index in [1.165, 1.54) is 24.3 Å². The maximum atomic E-state index is 13.6. The van der Waals surface area contributed by atoms with E-state index in [0.717, 1.165) is 11.1 Å². The Morgan fingerprint density at radius 2 is 1.64 bits per heavy atom. The third-order valence-electron chi connectivity index (χ3n) is 3.72. The number of carbonyl (C=O) groups is 2. The number of anilines is 1. The summed E-state index contributed by atoms with van der Waals surface area (Å²) in [4.78, 5) is 23.8. The van der Waals surface area contributed by atoms with Crippen LogP contribution in [0.15, 0.2) is 42.5 Å². The molecular weight excluding hydrogens is 326 g/mol. The summed E-state index contributed by atoms with van der Waals surface area (Å²) in [6.45, 7) is 3.56. The summed E-state index contributed by atoms with van der Waals surface area (Å²) in [6.07, 6.45) is -0.0832. The molecule has 0 bridgehead atoms. The topological polar surface area (TPSA) is 58.2 Å². The quantitative estimate of drug-likeness (QED) is 0.834. The predicted octanol–water partition coefficient (Wildman–Crippen LogP) is 3.87. The fourth-order valence-corrected chi connectivity index (χ4v) is 2.32. The third-order valence-corrected chi connectivity index (χ3v) is 3.72. The van der Waals surface area contributed by atoms with Gasteiger partial charge in [-0.3, -0.25) is 9.59 Å². The largest absolute Gasteiger partial charge is 0.350 e. The van der Waals surface area contributed by atoms with E-state index in [2.05, 4.69) is 10.6 Å². The van der Waals surface area contributed by atoms with Crippen LogP contribution in [-0.4, -0.2) is 11.8 Å². The Morgan fingerprint density at radius 1 is 1.00 bits per heavy atom. The van der Waals surface area contributed by atoms with Crippen LogP contribution < -0.4 is 10.6 Å². The normalized spacial score (nSPS) is 11.7. The molecule has 0 heterocycles. The summed E-state index contributed by atoms with van der Waals surface area (Å²) in [5.74, 6) is -1.61. The van der Waals surface area contributed by atoms with E-state index < -0.39 is 11.7 Å². The molecule has 0 aromatic heterocycles. The molecule has 132 valence electrons. The summed E-state index contributed by atoms with van der Waals surface area (Å²) in [7, 11) is 0. The van der Waals surface area contributed by atoms with Gasteiger partial charge in [-0.25, -0.2) is 8.78 Å². The number of rotatable bonds is 6. The second-order valence-corrected chi connectivity index (χ2v) is 5.87. The van der Waals surface area contributed by atoms with E-state index >= 15 is 0 Å². The maximum Gasteiger partial charge on any atom is 0.224 e. The molecule has 6 heteroatoms. The van der Waals surface area contributed by atoms with Crippen LogP contribution in [0.3, 0.4) is 0 Å². The zero-order valence-corrected chi connectivity index (χ0v) is 14.1. The van der Waals surface area contributed by atoms with Crippen LogP contribution in [0, 0.1) is 18.6 Å². The lowest BCUT2D eigenvalue weighted by molar-refractivity contribution is -0.124. The molecule has 0 aliphatic carbocycles. The van der Waals surface area contributed by atoms with Gasteiger partial charge in [0.2, 0.25) is 11.8 Å². The number of hydrogen-bond acceptors (Lipinski definition) is 2. The minimum Gasteiger partial charge on any atom is -0.350 e. The molecule has 2 N–H and O–H groups in total. The highest BCUT2D eigenvalue weighted by Gasteiger charge is 2.13. The monoisotopic (exact) mass is 346 g/mol. The molecule has 4 nitrogen and oxygen atoms in total. The standard InChI is InChI=1S/C19H20F2N2O2/c1-12-3-8-16(21)17(11-12)23-19(25)10-9-18(24)22-13(2)14-4-6-15(20)7-5-14/h3-8,11,13H,9-10H2,1-2H3,(H,22,24)(H,23,25)/t13-/m1/s1. The lowest BCUT2D eigenvalue weighted by atomic mass is 10.1. The highest BCUT2D eigenvalue weighted by atomic mass is 19.1. The summed E-state index contributed by atoms with van der Waals surface area (Å²) in [5.41, 5.74) is 1.69. The molecule has 0 spiro atoms. The molecular formula is C19H20F2N2O2. The molecule has 2 aromatic carbocycles. The van der Waals surface area contributed by atoms with Crippen LogP contribution in [0.4, 0.5) is 14.5 Å². The van der Waals surface area contributed by atoms with Gasteiger partial charge in [0.15, 0.2) is 0 Å². The van der Waals surface area contributed by atoms with Crippen molar-refractivity contribution in [1.82, 2.24) is 5.32 Å². The molecule has 0 saturated heterocycles. The Morgan fingerprint density at radius 3 is 2.32 bits per heavy atom. The van der Waals surface area contributed by atoms with E-state index in [0.29, 0.717) is 0 Å². The molecule has 2 amide bonds. The number of hydrogen-bond donors (Lipinski definition) is 2. The van der Waals surface area contributed by atoms with E-state index in [4.69, 9.17) is 0 Å². The van der Waals surface area contributed by atoms with Crippen molar-refractivity contribution >= 4 is 17.5 Å². The first-order valence-corrected chi connectivity index (χ1v) is 7.96. The predicted molar refractivity (Wildman–Crippen MR) is 92.0 cm³/mol. The van der Waals surface area contributed by atoms with Crippen molar-refractivity contribution in [1.29, 1.82) is 0 Å². The first kappa shape index (κ1) is 18.6. The highest BCUT2D eigenvalue weighted by Crippen LogP contribution is 2.16. The average Bonchev–Trinajstić information content (AvgIpc) is 2.57. The van der Waals surface area contributed by atoms with Crippen LogP contribution in [0.5, 0.6) is 0 Å². The SMILES string of the molecule is Cc1ccc(F)c(NC(=O)CCC(=O)N[C@H](C)c2ccc(F)cc2)c1. The van der Waals surface area contributed by atoms with Gasteiger partial charge in [0.05, 0.1) is 11.7 Å². The van der Waals surface area contributed by atoms with Gasteiger partial charge in [-0.05, 0) is 49.2 Å². The van der Waals surface area contributed by atoms with E-state index in [1.54, 1.807) is 32.0 Å². The molecule has 1 atom stereocenters. The minimum absolute atomic E-state index is 0.0230. The zero-order chi connectivity index (χ0) is 18.4. The van der Waals surface area contributed by atoms with Crippen molar-refractivity contribution in [2.75, 3.05) is 5.32 Å². The number of halogens is 2. The maximum absolute atomic E-state index is 13.6. The molecule has 0 aliphatic heterocycles. The van der Waals surface area contributed by atoms with Crippen LogP contribution in [-0.2, 0) is 9.59 Å². The van der Waals surface area contributed by atoms with Crippen molar-refractivity contribution < 1.29 is 18.4 Å². The van der Waals surface area contributed by atoms with Gasteiger partial charge in [-0.1, -0.05) is 18.2 Å². The van der Waals surface area contributed by atoms with Crippen LogP contribution in [0.1, 0.15) is 36.9 Å². The highest BCUT2D eigenvalue weighted by molar-refractivity contribution is 5.93. The van der Waals surface area contributed by atoms with Gasteiger partial charge in [0, 0.05) is 12.8 Å². The smallest absolute Gasteiger partial charge is 0.224 e. The summed E-state index contributed by atoms with van der Waals surface area (Å²) < 4.78 is 26.5. The second-order valence-electron chi connectivity index (χ2n) is 5.87. The number of nitrogens with one attached hydrogen (secondary N) is 2. The van der Waals surface area contributed by atoms with E-state index in [-0.39, 0.29) is 36.3 Å². The number of carbonyl (C=O) groups excluding carboxylic acids is 2. The molecule has 0 unspecified atom stereocenters. The van der Waals surface area contributed by atoms with Crippen molar-refractivity contribution in [2.24, 2.45) is 0 Å². The molecule has 2 rings (SSSR count). The third kappa shape index (κ3) is 5.67. The Balaban J connectivity index is 1.81. The molecule has 0 radical (unpaired) electrons. The fraction of sp³-hybridized carbons (Fsp3) is 0.263. The van der Waals surface area contributed by atoms with Crippen molar-refractivity contribution in [2.45, 2.75) is 32.7 Å². The Hall–Kier alpha value is -2.76. The van der Waals surface area contributed by atoms with Crippen molar-refractivity contribution in [3.8, 4) is 0 Å². The molecule has 2 aromatic rings. The number of amides is 2. The lowest BCUT2D eigenvalue weighted by Crippen LogP contribution is -2.27. The summed E-state index contributed by atoms with van der Waals surface area (Å²) in [6, 6.07) is 9.94. The Labute approximate surface area is 145 Å². The van der Waals surface area contributed by atoms with Crippen LogP contribution in [0.25, 0.3) is 0 Å². The Kier molecular flexibility index (Phi) is 6.22. The Bertz CT molecular complexity index is 761. The number of benzene rings is 2. The summed E-state index contributed by atoms with van der Waals surface area (Å²) >= 11 is 0. The number of aryl methyl sites for hydroxylation is 1. The van der Waals surface area contributed by atoms with Crippen LogP contribution in [0.2, 0.25) is 0 Å². The molecule has 0 fully saturated rings. The van der Waals surface area contributed by atoms with Gasteiger partial charge < -0.3 is 10.6 Å². The van der Waals surface area contributed by atoms with Crippen molar-refractivity contribution in [3.63, 3.8) is 0 Å². The summed E-state index contributed by atoms with van der Waals surface area (Å²) in [5, 5.41) is 5.20. The molecule has 25 heavy (non-hydrogen) atoms. The van der Waals surface area contributed by atoms with Gasteiger partial charge >= 0.3 is 0 Å². The first-order valence-electron chi connectivity index (χ1n) is 7.96. The molecule has 0 aliphatic rings. The first-order chi connectivity index (χ1) is 11.8. The van der Waals surface area contributed by atoms with E-state index in [9.17, 15) is 18.4 Å². The zero-order valence-electron chi connectivity index (χ0n) is 14.1. The minimum atomic E-state index is -0.520. The van der Waals surface area contributed by atoms with Gasteiger partial charge in [-0.15, -0.1) is 0 Å². The average molecular weight is 346 g/mol. The lowest BCUT2D eigenvalue weighted by Gasteiger charge is -2.14. The van der Waals surface area contributed by atoms with Gasteiger partial charge in [0.1, 0.15) is 11.6 Å². The van der Waals surface area contributed by atoms with Gasteiger partial charge in [-0.2, -0.15) is 0 Å². The fourth-order valence-electron chi connectivity index (χ4n) is 2.32. The van der Waals surface area contributed by atoms with Gasteiger partial charge in [0.25, 0.3) is 0 Å². The van der Waals surface area contributed by atoms with Crippen LogP contribution >= 0.6 is 0 Å². The second kappa shape index (κ2) is 8.37. The molecule has 0 saturated carbocycles. The van der Waals surface area contributed by atoms with E-state index in [1.807, 2.05) is 0 Å².